The Morgan fingerprint density at radius 1 is 1.16 bits per heavy atom. The van der Waals surface area contributed by atoms with Crippen LogP contribution in [-0.4, -0.2) is 31.6 Å². The molecule has 0 radical (unpaired) electrons. The van der Waals surface area contributed by atoms with Crippen LogP contribution in [0.2, 0.25) is 0 Å². The molecule has 1 fully saturated rings. The van der Waals surface area contributed by atoms with Gasteiger partial charge in [-0.1, -0.05) is 51.1 Å². The van der Waals surface area contributed by atoms with Crippen LogP contribution in [-0.2, 0) is 0 Å². The zero-order valence-corrected chi connectivity index (χ0v) is 12.8. The zero-order chi connectivity index (χ0) is 13.8. The van der Waals surface area contributed by atoms with E-state index in [1.807, 2.05) is 0 Å². The van der Waals surface area contributed by atoms with E-state index in [0.717, 1.165) is 11.8 Å². The molecule has 4 atom stereocenters. The summed E-state index contributed by atoms with van der Waals surface area (Å²) in [5.41, 5.74) is 1.40. The van der Waals surface area contributed by atoms with E-state index in [9.17, 15) is 0 Å². The van der Waals surface area contributed by atoms with Gasteiger partial charge < -0.3 is 10.2 Å². The van der Waals surface area contributed by atoms with E-state index in [0.29, 0.717) is 12.0 Å². The first-order valence-electron chi connectivity index (χ1n) is 7.56. The van der Waals surface area contributed by atoms with Gasteiger partial charge in [0.25, 0.3) is 0 Å². The van der Waals surface area contributed by atoms with Crippen molar-refractivity contribution in [2.24, 2.45) is 17.8 Å². The van der Waals surface area contributed by atoms with Gasteiger partial charge in [0.1, 0.15) is 0 Å². The maximum Gasteiger partial charge on any atom is 0.0355 e. The largest absolute Gasteiger partial charge is 0.313 e. The van der Waals surface area contributed by atoms with E-state index in [1.54, 1.807) is 0 Å². The average molecular weight is 260 g/mol. The predicted molar refractivity (Wildman–Crippen MR) is 82.2 cm³/mol. The molecule has 19 heavy (non-hydrogen) atoms. The van der Waals surface area contributed by atoms with E-state index in [-0.39, 0.29) is 0 Å². The van der Waals surface area contributed by atoms with Crippen molar-refractivity contribution >= 4 is 0 Å². The summed E-state index contributed by atoms with van der Waals surface area (Å²) in [6.45, 7) is 10.8. The highest BCUT2D eigenvalue weighted by molar-refractivity contribution is 5.19. The third kappa shape index (κ3) is 3.58. The number of likely N-dealkylation sites (tertiary alicyclic amines) is 1. The van der Waals surface area contributed by atoms with E-state index >= 15 is 0 Å². The van der Waals surface area contributed by atoms with Gasteiger partial charge in [0.05, 0.1) is 0 Å². The summed E-state index contributed by atoms with van der Waals surface area (Å²) in [4.78, 5) is 2.63. The van der Waals surface area contributed by atoms with Crippen LogP contribution in [0.15, 0.2) is 30.3 Å². The average Bonchev–Trinajstić information content (AvgIpc) is 2.70. The molecule has 1 aliphatic rings. The highest BCUT2D eigenvalue weighted by Gasteiger charge is 2.28. The molecule has 0 amide bonds. The maximum absolute atomic E-state index is 3.49. The summed E-state index contributed by atoms with van der Waals surface area (Å²) in [7, 11) is 2.07. The second-order valence-electron chi connectivity index (χ2n) is 6.33. The molecule has 1 N–H and O–H groups in total. The molecular weight excluding hydrogens is 232 g/mol. The standard InChI is InChI=1S/C17H28N2/c1-13-10-19(11-14(13)2)12-15(3)17(18-4)16-8-6-5-7-9-16/h5-9,13-15,17-18H,10-12H2,1-4H3. The molecule has 2 heteroatoms. The second-order valence-corrected chi connectivity index (χ2v) is 6.33. The third-order valence-corrected chi connectivity index (χ3v) is 4.65. The fourth-order valence-electron chi connectivity index (χ4n) is 3.35. The summed E-state index contributed by atoms with van der Waals surface area (Å²) in [6.07, 6.45) is 0. The van der Waals surface area contributed by atoms with Gasteiger partial charge in [-0.3, -0.25) is 0 Å². The molecule has 4 unspecified atom stereocenters. The highest BCUT2D eigenvalue weighted by atomic mass is 15.2. The first kappa shape index (κ1) is 14.5. The van der Waals surface area contributed by atoms with E-state index < -0.39 is 0 Å². The van der Waals surface area contributed by atoms with Crippen LogP contribution in [0.4, 0.5) is 0 Å². The van der Waals surface area contributed by atoms with Crippen LogP contribution in [0.5, 0.6) is 0 Å². The van der Waals surface area contributed by atoms with Crippen LogP contribution >= 0.6 is 0 Å². The molecular formula is C17H28N2. The number of nitrogens with one attached hydrogen (secondary N) is 1. The minimum Gasteiger partial charge on any atom is -0.313 e. The number of hydrogen-bond donors (Lipinski definition) is 1. The first-order valence-corrected chi connectivity index (χ1v) is 7.56. The molecule has 106 valence electrons. The SMILES string of the molecule is CNC(c1ccccc1)C(C)CN1CC(C)C(C)C1. The van der Waals surface area contributed by atoms with Crippen LogP contribution in [0, 0.1) is 17.8 Å². The molecule has 2 nitrogen and oxygen atoms in total. The molecule has 1 aromatic rings. The van der Waals surface area contributed by atoms with Crippen molar-refractivity contribution in [2.75, 3.05) is 26.7 Å². The smallest absolute Gasteiger partial charge is 0.0355 e. The Bertz CT molecular complexity index is 366. The molecule has 1 aliphatic heterocycles. The summed E-state index contributed by atoms with van der Waals surface area (Å²) < 4.78 is 0. The Labute approximate surface area is 118 Å². The van der Waals surface area contributed by atoms with Crippen molar-refractivity contribution in [3.63, 3.8) is 0 Å². The molecule has 2 rings (SSSR count). The fourth-order valence-corrected chi connectivity index (χ4v) is 3.35. The van der Waals surface area contributed by atoms with Crippen molar-refractivity contribution < 1.29 is 0 Å². The summed E-state index contributed by atoms with van der Waals surface area (Å²) in [6, 6.07) is 11.3. The molecule has 0 aliphatic carbocycles. The Balaban J connectivity index is 1.96. The number of nitrogens with zero attached hydrogens (tertiary/aromatic N) is 1. The molecule has 0 spiro atoms. The van der Waals surface area contributed by atoms with Gasteiger partial charge in [0.15, 0.2) is 0 Å². The Morgan fingerprint density at radius 2 is 1.74 bits per heavy atom. The van der Waals surface area contributed by atoms with Crippen molar-refractivity contribution in [3.8, 4) is 0 Å². The summed E-state index contributed by atoms with van der Waals surface area (Å²) in [5, 5.41) is 3.49. The first-order chi connectivity index (χ1) is 9.11. The van der Waals surface area contributed by atoms with Crippen LogP contribution < -0.4 is 5.32 Å². The van der Waals surface area contributed by atoms with E-state index in [1.165, 1.54) is 25.2 Å². The lowest BCUT2D eigenvalue weighted by Gasteiger charge is -2.28. The van der Waals surface area contributed by atoms with Crippen molar-refractivity contribution in [1.82, 2.24) is 10.2 Å². The minimum atomic E-state index is 0.451. The zero-order valence-electron chi connectivity index (χ0n) is 12.8. The summed E-state index contributed by atoms with van der Waals surface area (Å²) in [5.74, 6) is 2.32. The summed E-state index contributed by atoms with van der Waals surface area (Å²) >= 11 is 0. The number of hydrogen-bond acceptors (Lipinski definition) is 2. The lowest BCUT2D eigenvalue weighted by atomic mass is 9.94. The lowest BCUT2D eigenvalue weighted by Crippen LogP contribution is -2.33. The third-order valence-electron chi connectivity index (χ3n) is 4.65. The molecule has 0 bridgehead atoms. The van der Waals surface area contributed by atoms with Crippen LogP contribution in [0.25, 0.3) is 0 Å². The van der Waals surface area contributed by atoms with Crippen LogP contribution in [0.1, 0.15) is 32.4 Å². The maximum atomic E-state index is 3.49. The van der Waals surface area contributed by atoms with Crippen molar-refractivity contribution in [2.45, 2.75) is 26.8 Å². The Kier molecular flexibility index (Phi) is 5.00. The minimum absolute atomic E-state index is 0.451. The van der Waals surface area contributed by atoms with Gasteiger partial charge in [0, 0.05) is 25.7 Å². The van der Waals surface area contributed by atoms with Gasteiger partial charge in [-0.2, -0.15) is 0 Å². The van der Waals surface area contributed by atoms with Gasteiger partial charge in [-0.15, -0.1) is 0 Å². The van der Waals surface area contributed by atoms with E-state index in [4.69, 9.17) is 0 Å². The van der Waals surface area contributed by atoms with Crippen molar-refractivity contribution in [1.29, 1.82) is 0 Å². The van der Waals surface area contributed by atoms with E-state index in [2.05, 4.69) is 68.4 Å². The molecule has 1 heterocycles. The Morgan fingerprint density at radius 3 is 2.26 bits per heavy atom. The molecule has 1 aromatic carbocycles. The second kappa shape index (κ2) is 6.53. The van der Waals surface area contributed by atoms with Gasteiger partial charge in [0.2, 0.25) is 0 Å². The number of rotatable bonds is 5. The van der Waals surface area contributed by atoms with Crippen LogP contribution in [0.3, 0.4) is 0 Å². The fraction of sp³-hybridized carbons (Fsp3) is 0.647. The van der Waals surface area contributed by atoms with Crippen molar-refractivity contribution in [3.05, 3.63) is 35.9 Å². The Hall–Kier alpha value is -0.860. The predicted octanol–water partition coefficient (Wildman–Crippen LogP) is 3.17. The van der Waals surface area contributed by atoms with Gasteiger partial charge in [-0.25, -0.2) is 0 Å². The van der Waals surface area contributed by atoms with Gasteiger partial charge in [-0.05, 0) is 30.4 Å². The normalized spacial score (nSPS) is 27.4. The van der Waals surface area contributed by atoms with Gasteiger partial charge >= 0.3 is 0 Å². The quantitative estimate of drug-likeness (QED) is 0.875. The molecule has 1 saturated heterocycles. The number of benzene rings is 1. The topological polar surface area (TPSA) is 15.3 Å². The highest BCUT2D eigenvalue weighted by Crippen LogP contribution is 2.27. The monoisotopic (exact) mass is 260 g/mol. The molecule has 0 aromatic heterocycles. The molecule has 0 saturated carbocycles. The lowest BCUT2D eigenvalue weighted by molar-refractivity contribution is 0.244.